The van der Waals surface area contributed by atoms with Gasteiger partial charge in [-0.3, -0.25) is 19.7 Å². The molecule has 0 unspecified atom stereocenters. The molecule has 0 atom stereocenters. The highest BCUT2D eigenvalue weighted by molar-refractivity contribution is 5.97. The van der Waals surface area contributed by atoms with Crippen molar-refractivity contribution in [2.24, 2.45) is 0 Å². The van der Waals surface area contributed by atoms with Crippen LogP contribution in [-0.2, 0) is 4.79 Å². The third-order valence-corrected chi connectivity index (χ3v) is 3.15. The topological polar surface area (TPSA) is 80.6 Å². The molecule has 0 saturated carbocycles. The smallest absolute Gasteiger partial charge is 0.262 e. The summed E-state index contributed by atoms with van der Waals surface area (Å²) >= 11 is 0. The second kappa shape index (κ2) is 6.78. The van der Waals surface area contributed by atoms with Crippen molar-refractivity contribution in [1.82, 2.24) is 4.68 Å². The lowest BCUT2D eigenvalue weighted by Crippen LogP contribution is -2.24. The Morgan fingerprint density at radius 1 is 1.39 bits per heavy atom. The molecule has 1 aromatic carbocycles. The van der Waals surface area contributed by atoms with Gasteiger partial charge in [0, 0.05) is 30.0 Å². The van der Waals surface area contributed by atoms with E-state index in [0.29, 0.717) is 11.3 Å². The normalized spacial score (nSPS) is 10.7. The van der Waals surface area contributed by atoms with Gasteiger partial charge in [0.2, 0.25) is 5.43 Å². The Hall–Kier alpha value is -3.09. The summed E-state index contributed by atoms with van der Waals surface area (Å²) in [5.41, 5.74) is 2.68. The number of pyridine rings is 1. The van der Waals surface area contributed by atoms with Gasteiger partial charge in [0.25, 0.3) is 5.91 Å². The number of hydrogen-bond donors (Lipinski definition) is 2. The van der Waals surface area contributed by atoms with E-state index in [4.69, 9.17) is 4.74 Å². The second-order valence-corrected chi connectivity index (χ2v) is 4.68. The van der Waals surface area contributed by atoms with E-state index in [0.717, 1.165) is 6.07 Å². The van der Waals surface area contributed by atoms with Crippen LogP contribution in [0.4, 0.5) is 4.39 Å². The van der Waals surface area contributed by atoms with Gasteiger partial charge in [0.15, 0.2) is 5.75 Å². The Kier molecular flexibility index (Phi) is 4.80. The van der Waals surface area contributed by atoms with E-state index in [1.54, 1.807) is 0 Å². The number of carbonyl (C=O) groups is 1. The summed E-state index contributed by atoms with van der Waals surface area (Å²) in [6.45, 7) is 1.49. The van der Waals surface area contributed by atoms with Crippen LogP contribution in [0.2, 0.25) is 0 Å². The fourth-order valence-corrected chi connectivity index (χ4v) is 1.89. The number of benzene rings is 1. The fourth-order valence-electron chi connectivity index (χ4n) is 1.89. The molecular formula is C16H15FN2O4. The van der Waals surface area contributed by atoms with Crippen LogP contribution in [0, 0.1) is 12.7 Å². The number of ether oxygens (including phenoxy) is 1. The number of rotatable bonds is 4. The molecule has 23 heavy (non-hydrogen) atoms. The molecule has 0 aliphatic rings. The highest BCUT2D eigenvalue weighted by Crippen LogP contribution is 2.20. The Morgan fingerprint density at radius 2 is 2.13 bits per heavy atom. The standard InChI is InChI=1S/C16H15FN2O4/c1-10-16(22)13(20)7-8-19(10)18-15(21)6-4-11-3-5-12(17)9-14(11)23-2/h3-9,22H,1-2H3,(H,18,21)/b6-4+. The van der Waals surface area contributed by atoms with Crippen molar-refractivity contribution in [2.75, 3.05) is 12.5 Å². The molecule has 2 rings (SSSR count). The minimum absolute atomic E-state index is 0.207. The fraction of sp³-hybridized carbons (Fsp3) is 0.125. The number of nitrogens with zero attached hydrogens (tertiary/aromatic N) is 1. The summed E-state index contributed by atoms with van der Waals surface area (Å²) in [4.78, 5) is 23.2. The van der Waals surface area contributed by atoms with E-state index in [1.165, 1.54) is 55.3 Å². The minimum Gasteiger partial charge on any atom is -0.503 e. The van der Waals surface area contributed by atoms with Crippen LogP contribution in [0.15, 0.2) is 41.3 Å². The zero-order chi connectivity index (χ0) is 17.0. The molecule has 0 bridgehead atoms. The highest BCUT2D eigenvalue weighted by Gasteiger charge is 2.07. The van der Waals surface area contributed by atoms with Gasteiger partial charge in [-0.2, -0.15) is 0 Å². The minimum atomic E-state index is -0.528. The predicted octanol–water partition coefficient (Wildman–Crippen LogP) is 1.79. The molecular weight excluding hydrogens is 303 g/mol. The summed E-state index contributed by atoms with van der Waals surface area (Å²) in [6.07, 6.45) is 4.03. The molecule has 6 nitrogen and oxygen atoms in total. The SMILES string of the molecule is COc1cc(F)ccc1/C=C/C(=O)Nn1ccc(=O)c(O)c1C. The molecule has 0 radical (unpaired) electrons. The van der Waals surface area contributed by atoms with E-state index >= 15 is 0 Å². The average molecular weight is 318 g/mol. The number of amides is 1. The number of carbonyl (C=O) groups excluding carboxylic acids is 1. The van der Waals surface area contributed by atoms with Crippen LogP contribution in [0.1, 0.15) is 11.3 Å². The van der Waals surface area contributed by atoms with E-state index in [-0.39, 0.29) is 5.69 Å². The van der Waals surface area contributed by atoms with Crippen molar-refractivity contribution in [3.63, 3.8) is 0 Å². The summed E-state index contributed by atoms with van der Waals surface area (Å²) in [6, 6.07) is 5.08. The van der Waals surface area contributed by atoms with Gasteiger partial charge in [-0.1, -0.05) is 0 Å². The van der Waals surface area contributed by atoms with Gasteiger partial charge in [-0.05, 0) is 25.1 Å². The van der Waals surface area contributed by atoms with Crippen LogP contribution in [0.3, 0.4) is 0 Å². The number of hydrogen-bond acceptors (Lipinski definition) is 4. The lowest BCUT2D eigenvalue weighted by Gasteiger charge is -2.11. The Labute approximate surface area is 131 Å². The van der Waals surface area contributed by atoms with Crippen molar-refractivity contribution < 1.29 is 19.0 Å². The largest absolute Gasteiger partial charge is 0.503 e. The van der Waals surface area contributed by atoms with Gasteiger partial charge in [-0.25, -0.2) is 4.39 Å². The molecule has 0 saturated heterocycles. The maximum atomic E-state index is 13.1. The molecule has 0 aliphatic heterocycles. The number of nitrogens with one attached hydrogen (secondary N) is 1. The van der Waals surface area contributed by atoms with Crippen LogP contribution in [-0.4, -0.2) is 22.8 Å². The van der Waals surface area contributed by atoms with Crippen LogP contribution in [0.5, 0.6) is 11.5 Å². The number of aromatic nitrogens is 1. The lowest BCUT2D eigenvalue weighted by atomic mass is 10.2. The zero-order valence-electron chi connectivity index (χ0n) is 12.5. The first-order chi connectivity index (χ1) is 10.9. The van der Waals surface area contributed by atoms with Crippen molar-refractivity contribution in [2.45, 2.75) is 6.92 Å². The lowest BCUT2D eigenvalue weighted by molar-refractivity contribution is -0.112. The Morgan fingerprint density at radius 3 is 2.83 bits per heavy atom. The van der Waals surface area contributed by atoms with Crippen LogP contribution < -0.4 is 15.6 Å². The maximum absolute atomic E-state index is 13.1. The van der Waals surface area contributed by atoms with E-state index in [1.807, 2.05) is 0 Å². The summed E-state index contributed by atoms with van der Waals surface area (Å²) in [7, 11) is 1.40. The average Bonchev–Trinajstić information content (AvgIpc) is 2.54. The van der Waals surface area contributed by atoms with Crippen LogP contribution in [0.25, 0.3) is 6.08 Å². The first-order valence-corrected chi connectivity index (χ1v) is 6.66. The van der Waals surface area contributed by atoms with Gasteiger partial charge in [-0.15, -0.1) is 0 Å². The molecule has 1 aromatic heterocycles. The molecule has 1 heterocycles. The van der Waals surface area contributed by atoms with Gasteiger partial charge in [0.05, 0.1) is 12.8 Å². The molecule has 0 aliphatic carbocycles. The molecule has 7 heteroatoms. The van der Waals surface area contributed by atoms with Crippen molar-refractivity contribution in [3.8, 4) is 11.5 Å². The van der Waals surface area contributed by atoms with E-state index < -0.39 is 22.9 Å². The van der Waals surface area contributed by atoms with Crippen molar-refractivity contribution in [3.05, 3.63) is 63.8 Å². The van der Waals surface area contributed by atoms with Gasteiger partial charge >= 0.3 is 0 Å². The third kappa shape index (κ3) is 3.76. The quantitative estimate of drug-likeness (QED) is 0.842. The molecule has 120 valence electrons. The van der Waals surface area contributed by atoms with Crippen molar-refractivity contribution in [1.29, 1.82) is 0 Å². The van der Waals surface area contributed by atoms with E-state index in [2.05, 4.69) is 5.43 Å². The van der Waals surface area contributed by atoms with Crippen LogP contribution >= 0.6 is 0 Å². The predicted molar refractivity (Wildman–Crippen MR) is 83.5 cm³/mol. The third-order valence-electron chi connectivity index (χ3n) is 3.15. The second-order valence-electron chi connectivity index (χ2n) is 4.68. The van der Waals surface area contributed by atoms with Gasteiger partial charge < -0.3 is 9.84 Å². The number of methoxy groups -OCH3 is 1. The molecule has 2 N–H and O–H groups in total. The maximum Gasteiger partial charge on any atom is 0.262 e. The van der Waals surface area contributed by atoms with Gasteiger partial charge in [0.1, 0.15) is 11.6 Å². The summed E-state index contributed by atoms with van der Waals surface area (Å²) in [5.74, 6) is -1.08. The zero-order valence-corrected chi connectivity index (χ0v) is 12.5. The first-order valence-electron chi connectivity index (χ1n) is 6.66. The number of halogens is 1. The molecule has 2 aromatic rings. The molecule has 0 fully saturated rings. The van der Waals surface area contributed by atoms with Crippen molar-refractivity contribution >= 4 is 12.0 Å². The molecule has 0 spiro atoms. The Bertz CT molecular complexity index is 827. The number of aromatic hydroxyl groups is 1. The van der Waals surface area contributed by atoms with E-state index in [9.17, 15) is 19.1 Å². The first kappa shape index (κ1) is 16.3. The molecule has 1 amide bonds. The summed E-state index contributed by atoms with van der Waals surface area (Å²) in [5, 5.41) is 9.55. The Balaban J connectivity index is 2.17. The monoisotopic (exact) mass is 318 g/mol. The highest BCUT2D eigenvalue weighted by atomic mass is 19.1. The summed E-state index contributed by atoms with van der Waals surface area (Å²) < 4.78 is 19.4.